The van der Waals surface area contributed by atoms with Gasteiger partial charge < -0.3 is 25.6 Å². The van der Waals surface area contributed by atoms with Gasteiger partial charge in [0.2, 0.25) is 0 Å². The molecule has 0 bridgehead atoms. The molecule has 0 rings (SSSR count). The van der Waals surface area contributed by atoms with Crippen LogP contribution in [0.5, 0.6) is 0 Å². The predicted molar refractivity (Wildman–Crippen MR) is 129 cm³/mol. The number of carbonyl (C=O) groups is 2. The van der Waals surface area contributed by atoms with Crippen LogP contribution in [-0.2, 0) is 27.9 Å². The molecule has 0 aliphatic rings. The summed E-state index contributed by atoms with van der Waals surface area (Å²) in [5, 5.41) is 18.8. The van der Waals surface area contributed by atoms with Crippen LogP contribution in [0.3, 0.4) is 0 Å². The molecule has 3 atom stereocenters. The van der Waals surface area contributed by atoms with Gasteiger partial charge in [0.25, 0.3) is 0 Å². The number of carboxylic acid groups (broad SMARTS) is 1. The fourth-order valence-corrected chi connectivity index (χ4v) is 3.62. The minimum Gasteiger partial charge on any atom is -0.480 e. The van der Waals surface area contributed by atoms with E-state index in [1.165, 1.54) is 51.4 Å². The Kier molecular flexibility index (Phi) is 15.4. The minimum atomic E-state index is -5.46. The fourth-order valence-electron chi connectivity index (χ4n) is 3.01. The molecule has 1 unspecified atom stereocenters. The van der Waals surface area contributed by atoms with Crippen molar-refractivity contribution in [2.24, 2.45) is 5.73 Å². The molecule has 0 amide bonds. The monoisotopic (exact) mass is 516 g/mol. The summed E-state index contributed by atoms with van der Waals surface area (Å²) in [5.74, 6) is -2.74. The first kappa shape index (κ1) is 24.7. The Bertz CT molecular complexity index is 774. The zero-order valence-corrected chi connectivity index (χ0v) is 21.1. The molecule has 0 saturated heterocycles. The standard InChI is InChI=1S/C23H46NO9P/c1-2-3-4-5-6-7-8-9-10-11-12-13-14-15-16-22(26)31-17-20(25)18-32-34(29,30)33-19-21(24)23(27)28/h20-21,25H,2-19,24H2,1H3,(H,27,28)(H,29,30)/t20-,21+/m1/s1/i17D2,18D2,20D. The highest BCUT2D eigenvalue weighted by Crippen LogP contribution is 2.43. The number of carbonyl (C=O) groups excluding carboxylic acids is 1. The van der Waals surface area contributed by atoms with E-state index in [0.717, 1.165) is 25.7 Å². The van der Waals surface area contributed by atoms with Crippen molar-refractivity contribution in [3.8, 4) is 0 Å². The molecule has 0 heterocycles. The summed E-state index contributed by atoms with van der Waals surface area (Å²) < 4.78 is 62.9. The average molecular weight is 517 g/mol. The second-order valence-corrected chi connectivity index (χ2v) is 9.55. The maximum atomic E-state index is 12.1. The number of aliphatic hydroxyl groups is 1. The lowest BCUT2D eigenvalue weighted by Gasteiger charge is -2.16. The Labute approximate surface area is 211 Å². The van der Waals surface area contributed by atoms with Gasteiger partial charge in [-0.15, -0.1) is 0 Å². The smallest absolute Gasteiger partial charge is 0.472 e. The molecule has 0 aromatic carbocycles. The van der Waals surface area contributed by atoms with Crippen molar-refractivity contribution >= 4 is 19.8 Å². The summed E-state index contributed by atoms with van der Waals surface area (Å²) in [6.45, 7) is -6.52. The van der Waals surface area contributed by atoms with Crippen molar-refractivity contribution in [3.05, 3.63) is 0 Å². The molecule has 5 N–H and O–H groups in total. The number of carboxylic acids is 1. The summed E-state index contributed by atoms with van der Waals surface area (Å²) in [7, 11) is -5.46. The molecule has 34 heavy (non-hydrogen) atoms. The molecule has 11 heteroatoms. The Balaban J connectivity index is 4.37. The van der Waals surface area contributed by atoms with Crippen LogP contribution in [0.4, 0.5) is 0 Å². The normalized spacial score (nSPS) is 18.9. The van der Waals surface area contributed by atoms with Crippen LogP contribution in [0.2, 0.25) is 0 Å². The summed E-state index contributed by atoms with van der Waals surface area (Å²) >= 11 is 0. The van der Waals surface area contributed by atoms with Crippen LogP contribution in [0, 0.1) is 0 Å². The fraction of sp³-hybridized carbons (Fsp3) is 0.913. The summed E-state index contributed by atoms with van der Waals surface area (Å²) in [6.07, 6.45) is 11.1. The molecule has 0 aliphatic carbocycles. The SMILES string of the molecule is [2H]C([2H])(OC(=O)CCCCCCCCCCCCCCCC)[C@@]([2H])(O)C([2H])([2H])OP(=O)(O)OC[C@H](N)C(=O)O. The number of aliphatic carboxylic acids is 1. The van der Waals surface area contributed by atoms with Crippen molar-refractivity contribution in [3.63, 3.8) is 0 Å². The van der Waals surface area contributed by atoms with Crippen LogP contribution in [-0.4, -0.2) is 58.9 Å². The van der Waals surface area contributed by atoms with E-state index in [1.54, 1.807) is 0 Å². The maximum absolute atomic E-state index is 12.1. The first-order valence-corrected chi connectivity index (χ1v) is 13.6. The molecule has 202 valence electrons. The largest absolute Gasteiger partial charge is 0.480 e. The zero-order valence-electron chi connectivity index (χ0n) is 25.2. The van der Waals surface area contributed by atoms with Crippen molar-refractivity contribution in [1.82, 2.24) is 0 Å². The number of rotatable bonds is 24. The van der Waals surface area contributed by atoms with Gasteiger partial charge in [-0.3, -0.25) is 18.6 Å². The van der Waals surface area contributed by atoms with Gasteiger partial charge >= 0.3 is 19.8 Å². The van der Waals surface area contributed by atoms with Crippen molar-refractivity contribution < 1.29 is 49.9 Å². The molecular weight excluding hydrogens is 465 g/mol. The van der Waals surface area contributed by atoms with Crippen LogP contribution in [0.1, 0.15) is 110 Å². The van der Waals surface area contributed by atoms with E-state index < -0.39 is 51.6 Å². The molecule has 0 aliphatic heterocycles. The van der Waals surface area contributed by atoms with Crippen molar-refractivity contribution in [2.75, 3.05) is 19.7 Å². The van der Waals surface area contributed by atoms with Crippen LogP contribution in [0.15, 0.2) is 0 Å². The number of phosphoric ester groups is 1. The Morgan fingerprint density at radius 1 is 0.912 bits per heavy atom. The van der Waals surface area contributed by atoms with Gasteiger partial charge in [0, 0.05) is 6.42 Å². The molecule has 0 aromatic rings. The van der Waals surface area contributed by atoms with Crippen molar-refractivity contribution in [1.29, 1.82) is 0 Å². The summed E-state index contributed by atoms with van der Waals surface area (Å²) in [5.41, 5.74) is 5.10. The van der Waals surface area contributed by atoms with Crippen LogP contribution >= 0.6 is 7.82 Å². The van der Waals surface area contributed by atoms with Crippen LogP contribution < -0.4 is 5.73 Å². The van der Waals surface area contributed by atoms with E-state index in [4.69, 9.17) is 17.7 Å². The molecule has 0 saturated carbocycles. The third kappa shape index (κ3) is 21.5. The minimum absolute atomic E-state index is 0.244. The zero-order chi connectivity index (χ0) is 30.2. The molecule has 10 nitrogen and oxygen atoms in total. The van der Waals surface area contributed by atoms with E-state index in [0.29, 0.717) is 12.8 Å². The number of unbranched alkanes of at least 4 members (excludes halogenated alkanes) is 13. The number of nitrogens with two attached hydrogens (primary N) is 1. The third-order valence-electron chi connectivity index (χ3n) is 4.99. The van der Waals surface area contributed by atoms with Crippen LogP contribution in [0.25, 0.3) is 0 Å². The van der Waals surface area contributed by atoms with E-state index >= 15 is 0 Å². The second-order valence-electron chi connectivity index (χ2n) is 8.17. The summed E-state index contributed by atoms with van der Waals surface area (Å²) in [4.78, 5) is 32.3. The van der Waals surface area contributed by atoms with Crippen molar-refractivity contribution in [2.45, 2.75) is 115 Å². The number of hydrogen-bond donors (Lipinski definition) is 4. The lowest BCUT2D eigenvalue weighted by molar-refractivity contribution is -0.147. The van der Waals surface area contributed by atoms with Gasteiger partial charge in [-0.1, -0.05) is 90.4 Å². The highest BCUT2D eigenvalue weighted by atomic mass is 31.2. The van der Waals surface area contributed by atoms with E-state index in [1.807, 2.05) is 0 Å². The lowest BCUT2D eigenvalue weighted by atomic mass is 10.0. The van der Waals surface area contributed by atoms with E-state index in [-0.39, 0.29) is 6.42 Å². The topological polar surface area (TPSA) is 166 Å². The number of phosphoric acid groups is 1. The highest BCUT2D eigenvalue weighted by molar-refractivity contribution is 7.47. The van der Waals surface area contributed by atoms with Gasteiger partial charge in [0.05, 0.1) is 20.0 Å². The van der Waals surface area contributed by atoms with E-state index in [9.17, 15) is 24.2 Å². The van der Waals surface area contributed by atoms with E-state index in [2.05, 4.69) is 20.7 Å². The van der Waals surface area contributed by atoms with Gasteiger partial charge in [-0.2, -0.15) is 0 Å². The Hall–Kier alpha value is -1.03. The number of ether oxygens (including phenoxy) is 1. The first-order chi connectivity index (χ1) is 18.0. The maximum Gasteiger partial charge on any atom is 0.472 e. The summed E-state index contributed by atoms with van der Waals surface area (Å²) in [6, 6.07) is -1.77. The third-order valence-corrected chi connectivity index (χ3v) is 5.79. The molecule has 0 spiro atoms. The van der Waals surface area contributed by atoms with Gasteiger partial charge in [-0.25, -0.2) is 4.57 Å². The van der Waals surface area contributed by atoms with Gasteiger partial charge in [-0.05, 0) is 6.42 Å². The average Bonchev–Trinajstić information content (AvgIpc) is 2.81. The second kappa shape index (κ2) is 21.3. The van der Waals surface area contributed by atoms with Gasteiger partial charge in [0.15, 0.2) is 0 Å². The quantitative estimate of drug-likeness (QED) is 0.0825. The predicted octanol–water partition coefficient (Wildman–Crippen LogP) is 4.31. The number of hydrogen-bond acceptors (Lipinski definition) is 8. The molecular formula is C23H46NO9P. The lowest BCUT2D eigenvalue weighted by Crippen LogP contribution is -2.34. The van der Waals surface area contributed by atoms with Gasteiger partial charge in [0.1, 0.15) is 18.7 Å². The molecule has 0 aromatic heterocycles. The molecule has 0 radical (unpaired) electrons. The molecule has 0 fully saturated rings. The first-order valence-electron chi connectivity index (χ1n) is 14.6. The Morgan fingerprint density at radius 3 is 1.85 bits per heavy atom. The number of esters is 1. The Morgan fingerprint density at radius 2 is 1.38 bits per heavy atom. The highest BCUT2D eigenvalue weighted by Gasteiger charge is 2.26.